The summed E-state index contributed by atoms with van der Waals surface area (Å²) in [6.45, 7) is 0.0660. The lowest BCUT2D eigenvalue weighted by Crippen LogP contribution is -2.06. The second-order valence-corrected chi connectivity index (χ2v) is 3.22. The molecular formula is C9H16FN. The van der Waals surface area contributed by atoms with Crippen LogP contribution in [0.1, 0.15) is 32.1 Å². The Morgan fingerprint density at radius 1 is 1.36 bits per heavy atom. The Labute approximate surface area is 67.5 Å². The van der Waals surface area contributed by atoms with Crippen molar-refractivity contribution in [3.05, 3.63) is 11.9 Å². The van der Waals surface area contributed by atoms with Crippen LogP contribution in [0.5, 0.6) is 0 Å². The zero-order valence-corrected chi connectivity index (χ0v) is 6.85. The maximum atomic E-state index is 12.7. The molecule has 0 bridgehead atoms. The van der Waals surface area contributed by atoms with E-state index < -0.39 is 0 Å². The van der Waals surface area contributed by atoms with E-state index in [1.165, 1.54) is 19.3 Å². The van der Waals surface area contributed by atoms with Gasteiger partial charge in [-0.25, -0.2) is 4.39 Å². The molecule has 2 N–H and O–H groups in total. The highest BCUT2D eigenvalue weighted by atomic mass is 19.1. The fourth-order valence-electron chi connectivity index (χ4n) is 1.62. The summed E-state index contributed by atoms with van der Waals surface area (Å²) in [5.41, 5.74) is 5.15. The van der Waals surface area contributed by atoms with Crippen molar-refractivity contribution < 1.29 is 4.39 Å². The first-order chi connectivity index (χ1) is 5.33. The van der Waals surface area contributed by atoms with Crippen LogP contribution in [0.3, 0.4) is 0 Å². The molecule has 0 heterocycles. The standard InChI is InChI=1S/C9H16FN/c10-9(7-11)6-8-4-2-1-3-5-8/h6,8H,1-5,7,11H2/b9-6-. The summed E-state index contributed by atoms with van der Waals surface area (Å²) >= 11 is 0. The van der Waals surface area contributed by atoms with Crippen molar-refractivity contribution in [2.75, 3.05) is 6.54 Å². The molecule has 1 aliphatic carbocycles. The molecule has 0 aliphatic heterocycles. The van der Waals surface area contributed by atoms with E-state index in [1.807, 2.05) is 0 Å². The van der Waals surface area contributed by atoms with E-state index in [9.17, 15) is 4.39 Å². The molecule has 1 saturated carbocycles. The zero-order chi connectivity index (χ0) is 8.10. The van der Waals surface area contributed by atoms with Crippen LogP contribution in [0, 0.1) is 5.92 Å². The van der Waals surface area contributed by atoms with Gasteiger partial charge in [0.25, 0.3) is 0 Å². The Balaban J connectivity index is 2.34. The first-order valence-corrected chi connectivity index (χ1v) is 4.39. The second kappa shape index (κ2) is 4.50. The summed E-state index contributed by atoms with van der Waals surface area (Å²) in [5.74, 6) is 0.323. The molecule has 11 heavy (non-hydrogen) atoms. The van der Waals surface area contributed by atoms with E-state index in [0.29, 0.717) is 5.92 Å². The fraction of sp³-hybridized carbons (Fsp3) is 0.778. The molecule has 0 aromatic heterocycles. The van der Waals surface area contributed by atoms with Crippen molar-refractivity contribution in [3.8, 4) is 0 Å². The Morgan fingerprint density at radius 2 is 2.00 bits per heavy atom. The number of rotatable bonds is 2. The van der Waals surface area contributed by atoms with Crippen LogP contribution in [0.15, 0.2) is 11.9 Å². The van der Waals surface area contributed by atoms with E-state index in [1.54, 1.807) is 6.08 Å². The van der Waals surface area contributed by atoms with Crippen molar-refractivity contribution in [2.24, 2.45) is 11.7 Å². The van der Waals surface area contributed by atoms with Crippen molar-refractivity contribution in [1.82, 2.24) is 0 Å². The third kappa shape index (κ3) is 3.02. The molecular weight excluding hydrogens is 141 g/mol. The molecule has 64 valence electrons. The molecule has 0 saturated heterocycles. The molecule has 0 aromatic rings. The van der Waals surface area contributed by atoms with Gasteiger partial charge in [-0.1, -0.05) is 19.3 Å². The lowest BCUT2D eigenvalue weighted by atomic mass is 9.89. The van der Waals surface area contributed by atoms with Crippen molar-refractivity contribution in [1.29, 1.82) is 0 Å². The van der Waals surface area contributed by atoms with Gasteiger partial charge < -0.3 is 5.73 Å². The molecule has 0 unspecified atom stereocenters. The predicted molar refractivity (Wildman–Crippen MR) is 44.8 cm³/mol. The summed E-state index contributed by atoms with van der Waals surface area (Å²) < 4.78 is 12.7. The molecule has 1 nitrogen and oxygen atoms in total. The fourth-order valence-corrected chi connectivity index (χ4v) is 1.62. The molecule has 0 radical (unpaired) electrons. The highest BCUT2D eigenvalue weighted by Gasteiger charge is 2.11. The molecule has 1 aliphatic rings. The monoisotopic (exact) mass is 157 g/mol. The number of nitrogens with two attached hydrogens (primary N) is 1. The first-order valence-electron chi connectivity index (χ1n) is 4.39. The lowest BCUT2D eigenvalue weighted by molar-refractivity contribution is 0.411. The molecule has 0 amide bonds. The summed E-state index contributed by atoms with van der Waals surface area (Å²) in [4.78, 5) is 0. The third-order valence-electron chi connectivity index (χ3n) is 2.26. The summed E-state index contributed by atoms with van der Waals surface area (Å²) in [7, 11) is 0. The summed E-state index contributed by atoms with van der Waals surface area (Å²) in [5, 5.41) is 0. The molecule has 1 fully saturated rings. The first kappa shape index (κ1) is 8.72. The second-order valence-electron chi connectivity index (χ2n) is 3.22. The molecule has 0 aromatic carbocycles. The molecule has 2 heteroatoms. The van der Waals surface area contributed by atoms with E-state index >= 15 is 0 Å². The quantitative estimate of drug-likeness (QED) is 0.654. The van der Waals surface area contributed by atoms with E-state index in [4.69, 9.17) is 5.73 Å². The molecule has 0 spiro atoms. The van der Waals surface area contributed by atoms with Gasteiger partial charge >= 0.3 is 0 Å². The third-order valence-corrected chi connectivity index (χ3v) is 2.26. The van der Waals surface area contributed by atoms with Crippen molar-refractivity contribution >= 4 is 0 Å². The maximum absolute atomic E-state index is 12.7. The topological polar surface area (TPSA) is 26.0 Å². The van der Waals surface area contributed by atoms with Gasteiger partial charge in [0.05, 0.1) is 0 Å². The highest BCUT2D eigenvalue weighted by Crippen LogP contribution is 2.25. The average Bonchev–Trinajstić information content (AvgIpc) is 2.06. The number of hydrogen-bond donors (Lipinski definition) is 1. The van der Waals surface area contributed by atoms with Gasteiger partial charge in [-0.05, 0) is 24.8 Å². The largest absolute Gasteiger partial charge is 0.325 e. The Morgan fingerprint density at radius 3 is 2.55 bits per heavy atom. The number of allylic oxidation sites excluding steroid dienone is 1. The Bertz CT molecular complexity index is 136. The van der Waals surface area contributed by atoms with Crippen LogP contribution >= 0.6 is 0 Å². The van der Waals surface area contributed by atoms with Crippen LogP contribution in [-0.2, 0) is 0 Å². The van der Waals surface area contributed by atoms with Gasteiger partial charge in [0.1, 0.15) is 5.83 Å². The van der Waals surface area contributed by atoms with Gasteiger partial charge in [-0.15, -0.1) is 0 Å². The minimum atomic E-state index is -0.142. The summed E-state index contributed by atoms with van der Waals surface area (Å²) in [6, 6.07) is 0. The normalized spacial score (nSPS) is 22.2. The lowest BCUT2D eigenvalue weighted by Gasteiger charge is -2.17. The SMILES string of the molecule is NC/C(F)=C/C1CCCCC1. The zero-order valence-electron chi connectivity index (χ0n) is 6.85. The maximum Gasteiger partial charge on any atom is 0.110 e. The van der Waals surface area contributed by atoms with Gasteiger partial charge in [0, 0.05) is 6.54 Å². The van der Waals surface area contributed by atoms with Crippen molar-refractivity contribution in [2.45, 2.75) is 32.1 Å². The Kier molecular flexibility index (Phi) is 3.57. The minimum absolute atomic E-state index is 0.0660. The average molecular weight is 157 g/mol. The minimum Gasteiger partial charge on any atom is -0.325 e. The molecule has 0 atom stereocenters. The van der Waals surface area contributed by atoms with Crippen LogP contribution in [0.2, 0.25) is 0 Å². The van der Waals surface area contributed by atoms with Gasteiger partial charge in [-0.2, -0.15) is 0 Å². The smallest absolute Gasteiger partial charge is 0.110 e. The van der Waals surface area contributed by atoms with Crippen LogP contribution in [0.25, 0.3) is 0 Å². The predicted octanol–water partition coefficient (Wildman–Crippen LogP) is 2.38. The number of halogens is 1. The summed E-state index contributed by atoms with van der Waals surface area (Å²) in [6.07, 6.45) is 7.81. The van der Waals surface area contributed by atoms with Crippen LogP contribution in [0.4, 0.5) is 4.39 Å². The van der Waals surface area contributed by atoms with Gasteiger partial charge in [0.2, 0.25) is 0 Å². The van der Waals surface area contributed by atoms with E-state index in [2.05, 4.69) is 0 Å². The van der Waals surface area contributed by atoms with Crippen LogP contribution in [-0.4, -0.2) is 6.54 Å². The van der Waals surface area contributed by atoms with E-state index in [0.717, 1.165) is 12.8 Å². The van der Waals surface area contributed by atoms with Crippen LogP contribution < -0.4 is 5.73 Å². The Hall–Kier alpha value is -0.370. The van der Waals surface area contributed by atoms with Crippen molar-refractivity contribution in [3.63, 3.8) is 0 Å². The van der Waals surface area contributed by atoms with Gasteiger partial charge in [0.15, 0.2) is 0 Å². The highest BCUT2D eigenvalue weighted by molar-refractivity contribution is 4.97. The van der Waals surface area contributed by atoms with Gasteiger partial charge in [-0.3, -0.25) is 0 Å². The number of hydrogen-bond acceptors (Lipinski definition) is 1. The molecule has 1 rings (SSSR count). The van der Waals surface area contributed by atoms with E-state index in [-0.39, 0.29) is 12.4 Å².